The van der Waals surface area contributed by atoms with Gasteiger partial charge in [-0.15, -0.1) is 0 Å². The molecule has 0 amide bonds. The molecule has 1 aliphatic rings. The number of carbonyl (C=O) groups excluding carboxylic acids is 1. The number of thiazole rings is 1. The number of nitro groups is 1. The number of aromatic amines is 1. The molecule has 3 aromatic carbocycles. The first-order valence-electron chi connectivity index (χ1n) is 14.6. The summed E-state index contributed by atoms with van der Waals surface area (Å²) in [4.78, 5) is 64.1. The van der Waals surface area contributed by atoms with Gasteiger partial charge in [0.1, 0.15) is 5.75 Å². The molecule has 0 bridgehead atoms. The highest BCUT2D eigenvalue weighted by atomic mass is 32.2. The number of methoxy groups -OCH3 is 1. The van der Waals surface area contributed by atoms with Gasteiger partial charge in [0, 0.05) is 34.4 Å². The van der Waals surface area contributed by atoms with Gasteiger partial charge in [0.25, 0.3) is 16.8 Å². The van der Waals surface area contributed by atoms with Gasteiger partial charge < -0.3 is 14.5 Å². The normalized spacial score (nSPS) is 14.3. The summed E-state index contributed by atoms with van der Waals surface area (Å²) in [6, 6.07) is 20.9. The molecule has 0 saturated heterocycles. The van der Waals surface area contributed by atoms with E-state index in [0.717, 1.165) is 23.1 Å². The SMILES string of the molecule is CCOC(=O)C1=C(c2ccccc2)N=c2s/c(=C/c3cc([N+](=O)[O-])ccc3Sc3nc(C)cc(=O)[nH]3)c(=O)n2[C@@H]1c1ccc(OC)cc1. The lowest BCUT2D eigenvalue weighted by Crippen LogP contribution is -2.40. The Morgan fingerprint density at radius 1 is 1.10 bits per heavy atom. The molecule has 0 aliphatic carbocycles. The number of non-ortho nitro benzene ring substituents is 1. The fourth-order valence-corrected chi connectivity index (χ4v) is 7.16. The van der Waals surface area contributed by atoms with Crippen molar-refractivity contribution in [2.45, 2.75) is 29.9 Å². The second kappa shape index (κ2) is 13.6. The molecular formula is C34H27N5O7S2. The maximum Gasteiger partial charge on any atom is 0.338 e. The first-order valence-corrected chi connectivity index (χ1v) is 16.3. The zero-order valence-corrected chi connectivity index (χ0v) is 27.5. The number of ether oxygens (including phenoxy) is 2. The van der Waals surface area contributed by atoms with Crippen LogP contribution in [-0.2, 0) is 9.53 Å². The lowest BCUT2D eigenvalue weighted by molar-refractivity contribution is -0.384. The van der Waals surface area contributed by atoms with E-state index in [-0.39, 0.29) is 33.1 Å². The van der Waals surface area contributed by atoms with Gasteiger partial charge in [-0.3, -0.25) is 24.3 Å². The molecule has 0 saturated carbocycles. The Balaban J connectivity index is 1.61. The highest BCUT2D eigenvalue weighted by molar-refractivity contribution is 7.99. The van der Waals surface area contributed by atoms with Crippen molar-refractivity contribution < 1.29 is 19.2 Å². The van der Waals surface area contributed by atoms with E-state index in [9.17, 15) is 24.5 Å². The molecule has 0 spiro atoms. The molecule has 1 atom stereocenters. The van der Waals surface area contributed by atoms with E-state index in [2.05, 4.69) is 9.97 Å². The summed E-state index contributed by atoms with van der Waals surface area (Å²) < 4.78 is 12.5. The van der Waals surface area contributed by atoms with Crippen LogP contribution in [0.5, 0.6) is 5.75 Å². The third kappa shape index (κ3) is 6.48. The summed E-state index contributed by atoms with van der Waals surface area (Å²) in [6.45, 7) is 3.50. The molecule has 2 aromatic heterocycles. The van der Waals surface area contributed by atoms with Gasteiger partial charge in [0.2, 0.25) is 0 Å². The Bertz CT molecular complexity index is 2330. The van der Waals surface area contributed by atoms with Crippen molar-refractivity contribution in [3.63, 3.8) is 0 Å². The van der Waals surface area contributed by atoms with Gasteiger partial charge in [-0.1, -0.05) is 65.6 Å². The Morgan fingerprint density at radius 3 is 2.52 bits per heavy atom. The minimum absolute atomic E-state index is 0.110. The molecule has 1 N–H and O–H groups in total. The topological polar surface area (TPSA) is 159 Å². The summed E-state index contributed by atoms with van der Waals surface area (Å²) in [5.74, 6) is -0.0246. The van der Waals surface area contributed by atoms with E-state index >= 15 is 0 Å². The monoisotopic (exact) mass is 681 g/mol. The highest BCUT2D eigenvalue weighted by Crippen LogP contribution is 2.36. The summed E-state index contributed by atoms with van der Waals surface area (Å²) in [5.41, 5.74) is 1.71. The summed E-state index contributed by atoms with van der Waals surface area (Å²) in [6.07, 6.45) is 1.55. The maximum absolute atomic E-state index is 14.4. The second-order valence-corrected chi connectivity index (χ2v) is 12.5. The van der Waals surface area contributed by atoms with Crippen LogP contribution in [-0.4, -0.2) is 39.1 Å². The van der Waals surface area contributed by atoms with Crippen molar-refractivity contribution in [2.75, 3.05) is 13.7 Å². The quantitative estimate of drug-likeness (QED) is 0.103. The fourth-order valence-electron chi connectivity index (χ4n) is 5.24. The Kier molecular flexibility index (Phi) is 9.19. The molecule has 12 nitrogen and oxygen atoms in total. The molecule has 0 radical (unpaired) electrons. The van der Waals surface area contributed by atoms with E-state index < -0.39 is 22.5 Å². The largest absolute Gasteiger partial charge is 0.497 e. The predicted octanol–water partition coefficient (Wildman–Crippen LogP) is 4.40. The third-order valence-corrected chi connectivity index (χ3v) is 9.31. The van der Waals surface area contributed by atoms with E-state index in [1.54, 1.807) is 57.4 Å². The van der Waals surface area contributed by atoms with Crippen molar-refractivity contribution in [3.8, 4) is 5.75 Å². The van der Waals surface area contributed by atoms with Crippen LogP contribution in [0.4, 0.5) is 5.69 Å². The molecular weight excluding hydrogens is 655 g/mol. The Hall–Kier alpha value is -5.60. The summed E-state index contributed by atoms with van der Waals surface area (Å²) in [5, 5.41) is 12.0. The van der Waals surface area contributed by atoms with Crippen molar-refractivity contribution >= 4 is 46.5 Å². The number of nitrogens with one attached hydrogen (secondary N) is 1. The average Bonchev–Trinajstić information content (AvgIpc) is 3.38. The molecule has 0 unspecified atom stereocenters. The first kappa shape index (κ1) is 32.3. The second-order valence-electron chi connectivity index (χ2n) is 10.5. The number of hydrogen-bond donors (Lipinski definition) is 1. The highest BCUT2D eigenvalue weighted by Gasteiger charge is 2.35. The molecule has 14 heteroatoms. The standard InChI is InChI=1S/C34H27N5O7S2/c1-4-46-32(42)28-29(20-8-6-5-7-9-20)37-34-38(30(28)21-10-13-24(45-3)14-11-21)31(41)26(48-34)18-22-17-23(39(43)44)12-15-25(22)47-33-35-19(2)16-27(40)36-33/h5-18,30H,4H2,1-3H3,(H,35,36,40)/b26-18+/t30-/m1/s1. The lowest BCUT2D eigenvalue weighted by Gasteiger charge is -2.26. The van der Waals surface area contributed by atoms with Crippen LogP contribution < -0.4 is 25.2 Å². The van der Waals surface area contributed by atoms with Crippen LogP contribution in [0.2, 0.25) is 0 Å². The zero-order valence-electron chi connectivity index (χ0n) is 25.8. The minimum atomic E-state index is -0.913. The maximum atomic E-state index is 14.4. The van der Waals surface area contributed by atoms with E-state index in [0.29, 0.717) is 43.5 Å². The smallest absolute Gasteiger partial charge is 0.338 e. The molecule has 0 fully saturated rings. The number of nitrogens with zero attached hydrogens (tertiary/aromatic N) is 4. The van der Waals surface area contributed by atoms with Crippen LogP contribution >= 0.6 is 23.1 Å². The first-order chi connectivity index (χ1) is 23.2. The fraction of sp³-hybridized carbons (Fsp3) is 0.147. The number of fused-ring (bicyclic) bond motifs is 1. The van der Waals surface area contributed by atoms with Gasteiger partial charge >= 0.3 is 5.97 Å². The van der Waals surface area contributed by atoms with E-state index in [1.165, 1.54) is 22.8 Å². The van der Waals surface area contributed by atoms with Gasteiger partial charge in [-0.25, -0.2) is 14.8 Å². The predicted molar refractivity (Wildman–Crippen MR) is 181 cm³/mol. The van der Waals surface area contributed by atoms with E-state index in [4.69, 9.17) is 14.5 Å². The van der Waals surface area contributed by atoms with Crippen LogP contribution in [0.1, 0.15) is 35.3 Å². The number of aryl methyl sites for hydroxylation is 1. The van der Waals surface area contributed by atoms with Gasteiger partial charge in [-0.05, 0) is 49.2 Å². The molecule has 3 heterocycles. The minimum Gasteiger partial charge on any atom is -0.497 e. The lowest BCUT2D eigenvalue weighted by atomic mass is 9.93. The number of rotatable bonds is 9. The number of aromatic nitrogens is 3. The molecule has 1 aliphatic heterocycles. The number of esters is 1. The third-order valence-electron chi connectivity index (χ3n) is 7.35. The van der Waals surface area contributed by atoms with Crippen LogP contribution in [0.3, 0.4) is 0 Å². The van der Waals surface area contributed by atoms with Crippen molar-refractivity contribution in [2.24, 2.45) is 4.99 Å². The average molecular weight is 682 g/mol. The number of H-pyrrole nitrogens is 1. The van der Waals surface area contributed by atoms with Crippen molar-refractivity contribution in [1.82, 2.24) is 14.5 Å². The Morgan fingerprint density at radius 2 is 1.85 bits per heavy atom. The van der Waals surface area contributed by atoms with Gasteiger partial charge in [-0.2, -0.15) is 0 Å². The number of carbonyl (C=O) groups is 1. The number of hydrogen-bond acceptors (Lipinski definition) is 11. The van der Waals surface area contributed by atoms with Crippen molar-refractivity contribution in [3.05, 3.63) is 147 Å². The van der Waals surface area contributed by atoms with Crippen LogP contribution in [0.15, 0.2) is 109 Å². The number of nitro benzene ring substituents is 1. The van der Waals surface area contributed by atoms with Gasteiger partial charge in [0.05, 0.1) is 40.5 Å². The summed E-state index contributed by atoms with van der Waals surface area (Å²) in [7, 11) is 1.54. The van der Waals surface area contributed by atoms with Crippen LogP contribution in [0, 0.1) is 17.0 Å². The molecule has 48 heavy (non-hydrogen) atoms. The van der Waals surface area contributed by atoms with Crippen molar-refractivity contribution in [1.29, 1.82) is 0 Å². The summed E-state index contributed by atoms with van der Waals surface area (Å²) >= 11 is 2.19. The molecule has 242 valence electrons. The van der Waals surface area contributed by atoms with Crippen LogP contribution in [0.25, 0.3) is 11.8 Å². The molecule has 5 aromatic rings. The molecule has 6 rings (SSSR count). The number of benzene rings is 3. The van der Waals surface area contributed by atoms with Gasteiger partial charge in [0.15, 0.2) is 9.96 Å². The van der Waals surface area contributed by atoms with E-state index in [1.807, 2.05) is 30.3 Å². The Labute approximate surface area is 280 Å². The zero-order chi connectivity index (χ0) is 33.9.